The Balaban J connectivity index is 1.70. The molecule has 2 aromatic heterocycles. The summed E-state index contributed by atoms with van der Waals surface area (Å²) in [5.74, 6) is 0.749. The number of aryl methyl sites for hydroxylation is 2. The highest BCUT2D eigenvalue weighted by Crippen LogP contribution is 2.24. The highest BCUT2D eigenvalue weighted by molar-refractivity contribution is 7.89. The van der Waals surface area contributed by atoms with Crippen LogP contribution in [0, 0.1) is 0 Å². The number of rotatable bonds is 10. The van der Waals surface area contributed by atoms with Gasteiger partial charge < -0.3 is 14.8 Å². The first-order chi connectivity index (χ1) is 15.1. The topological polar surface area (TPSA) is 87.5 Å². The van der Waals surface area contributed by atoms with Gasteiger partial charge in [0.15, 0.2) is 0 Å². The minimum atomic E-state index is -3.53. The van der Waals surface area contributed by atoms with E-state index >= 15 is 0 Å². The number of carbonyl (C=O) groups is 1. The van der Waals surface area contributed by atoms with Crippen LogP contribution in [0.5, 0.6) is 0 Å². The second-order valence-electron chi connectivity index (χ2n) is 8.01. The number of thiophene rings is 1. The Labute approximate surface area is 193 Å². The van der Waals surface area contributed by atoms with Crippen LogP contribution in [0.3, 0.4) is 0 Å². The smallest absolute Gasteiger partial charge is 0.242 e. The van der Waals surface area contributed by atoms with Gasteiger partial charge in [-0.1, -0.05) is 6.07 Å². The van der Waals surface area contributed by atoms with Crippen molar-refractivity contribution < 1.29 is 13.2 Å². The standard InChI is InChI=1S/C22H31N5O3S2/c1-6-27-18-10-9-16(32(29,30)26(4)5)14-17(18)24-21(27)11-12-22(28)23-15-19(25(2)3)20-8-7-13-31-20/h7-10,13-14,19H,6,11-12,15H2,1-5H3,(H,23,28). The average Bonchev–Trinajstić information content (AvgIpc) is 3.39. The van der Waals surface area contributed by atoms with Gasteiger partial charge in [-0.05, 0) is 50.7 Å². The molecule has 0 spiro atoms. The van der Waals surface area contributed by atoms with Crippen molar-refractivity contribution in [1.29, 1.82) is 0 Å². The number of carbonyl (C=O) groups excluding carboxylic acids is 1. The van der Waals surface area contributed by atoms with Crippen LogP contribution < -0.4 is 5.32 Å². The van der Waals surface area contributed by atoms with Crippen molar-refractivity contribution in [3.63, 3.8) is 0 Å². The third kappa shape index (κ3) is 5.20. The molecule has 0 aliphatic heterocycles. The Morgan fingerprint density at radius 1 is 1.22 bits per heavy atom. The van der Waals surface area contributed by atoms with Crippen molar-refractivity contribution in [3.05, 3.63) is 46.4 Å². The van der Waals surface area contributed by atoms with Crippen LogP contribution in [0.15, 0.2) is 40.6 Å². The van der Waals surface area contributed by atoms with Crippen LogP contribution >= 0.6 is 11.3 Å². The SMILES string of the molecule is CCn1c(CCC(=O)NCC(c2cccs2)N(C)C)nc2cc(S(=O)(=O)N(C)C)ccc21. The largest absolute Gasteiger partial charge is 0.354 e. The minimum absolute atomic E-state index is 0.0287. The van der Waals surface area contributed by atoms with Crippen molar-refractivity contribution in [2.45, 2.75) is 37.2 Å². The summed E-state index contributed by atoms with van der Waals surface area (Å²) in [5.41, 5.74) is 1.49. The van der Waals surface area contributed by atoms with E-state index in [1.165, 1.54) is 23.3 Å². The molecule has 0 fully saturated rings. The predicted octanol–water partition coefficient (Wildman–Crippen LogP) is 2.72. The summed E-state index contributed by atoms with van der Waals surface area (Å²) >= 11 is 1.68. The van der Waals surface area contributed by atoms with Crippen LogP contribution in [-0.4, -0.2) is 67.8 Å². The van der Waals surface area contributed by atoms with Gasteiger partial charge in [0.1, 0.15) is 5.82 Å². The summed E-state index contributed by atoms with van der Waals surface area (Å²) in [6.45, 7) is 3.24. The maximum absolute atomic E-state index is 12.5. The number of benzene rings is 1. The van der Waals surface area contributed by atoms with Crippen molar-refractivity contribution in [2.75, 3.05) is 34.7 Å². The maximum atomic E-state index is 12.5. The lowest BCUT2D eigenvalue weighted by molar-refractivity contribution is -0.121. The lowest BCUT2D eigenvalue weighted by Gasteiger charge is -2.23. The molecule has 1 unspecified atom stereocenters. The molecule has 2 heterocycles. The van der Waals surface area contributed by atoms with Crippen LogP contribution in [-0.2, 0) is 27.8 Å². The molecule has 10 heteroatoms. The highest BCUT2D eigenvalue weighted by atomic mass is 32.2. The zero-order valence-corrected chi connectivity index (χ0v) is 20.8. The normalized spacial score (nSPS) is 13.2. The number of sulfonamides is 1. The molecule has 1 aromatic carbocycles. The maximum Gasteiger partial charge on any atom is 0.242 e. The van der Waals surface area contributed by atoms with Crippen LogP contribution in [0.1, 0.15) is 30.1 Å². The fraction of sp³-hybridized carbons (Fsp3) is 0.455. The number of imidazole rings is 1. The van der Waals surface area contributed by atoms with Crippen molar-refractivity contribution >= 4 is 38.3 Å². The van der Waals surface area contributed by atoms with Crippen LogP contribution in [0.2, 0.25) is 0 Å². The zero-order valence-electron chi connectivity index (χ0n) is 19.2. The number of hydrogen-bond donors (Lipinski definition) is 1. The molecule has 0 bridgehead atoms. The van der Waals surface area contributed by atoms with Crippen molar-refractivity contribution in [2.24, 2.45) is 0 Å². The molecule has 1 N–H and O–H groups in total. The molecule has 0 saturated heterocycles. The van der Waals surface area contributed by atoms with E-state index in [1.807, 2.05) is 37.0 Å². The van der Waals surface area contributed by atoms with Crippen molar-refractivity contribution in [3.8, 4) is 0 Å². The Kier molecular flexibility index (Phi) is 7.71. The lowest BCUT2D eigenvalue weighted by Crippen LogP contribution is -2.34. The Hall–Kier alpha value is -2.27. The van der Waals surface area contributed by atoms with E-state index in [0.29, 0.717) is 31.4 Å². The first-order valence-electron chi connectivity index (χ1n) is 10.5. The molecule has 0 radical (unpaired) electrons. The van der Waals surface area contributed by atoms with Gasteiger partial charge in [-0.2, -0.15) is 0 Å². The summed E-state index contributed by atoms with van der Waals surface area (Å²) in [6, 6.07) is 9.22. The third-order valence-electron chi connectivity index (χ3n) is 5.46. The summed E-state index contributed by atoms with van der Waals surface area (Å²) in [7, 11) is 3.50. The fourth-order valence-corrected chi connectivity index (χ4v) is 5.46. The summed E-state index contributed by atoms with van der Waals surface area (Å²) in [4.78, 5) is 20.7. The fourth-order valence-electron chi connectivity index (χ4n) is 3.62. The number of nitrogens with zero attached hydrogens (tertiary/aromatic N) is 4. The minimum Gasteiger partial charge on any atom is -0.354 e. The number of likely N-dealkylation sites (N-methyl/N-ethyl adjacent to an activating group) is 1. The third-order valence-corrected chi connectivity index (χ3v) is 8.24. The van der Waals surface area contributed by atoms with E-state index < -0.39 is 10.0 Å². The predicted molar refractivity (Wildman–Crippen MR) is 128 cm³/mol. The first-order valence-corrected chi connectivity index (χ1v) is 12.8. The number of nitrogens with one attached hydrogen (secondary N) is 1. The number of hydrogen-bond acceptors (Lipinski definition) is 6. The highest BCUT2D eigenvalue weighted by Gasteiger charge is 2.20. The molecule has 0 aliphatic carbocycles. The molecule has 0 saturated carbocycles. The van der Waals surface area contributed by atoms with E-state index in [4.69, 9.17) is 0 Å². The van der Waals surface area contributed by atoms with Gasteiger partial charge >= 0.3 is 0 Å². The summed E-state index contributed by atoms with van der Waals surface area (Å²) < 4.78 is 28.1. The molecule has 1 amide bonds. The molecule has 3 rings (SSSR count). The van der Waals surface area contributed by atoms with Gasteiger partial charge in [0.05, 0.1) is 22.0 Å². The summed E-state index contributed by atoms with van der Waals surface area (Å²) in [6.07, 6.45) is 0.798. The van der Waals surface area contributed by atoms with E-state index in [-0.39, 0.29) is 16.8 Å². The molecule has 3 aromatic rings. The van der Waals surface area contributed by atoms with E-state index in [0.717, 1.165) is 11.3 Å². The average molecular weight is 478 g/mol. The molecule has 8 nitrogen and oxygen atoms in total. The molecular formula is C22H31N5O3S2. The monoisotopic (exact) mass is 477 g/mol. The molecular weight excluding hydrogens is 446 g/mol. The molecule has 174 valence electrons. The van der Waals surface area contributed by atoms with Crippen LogP contribution in [0.4, 0.5) is 0 Å². The van der Waals surface area contributed by atoms with E-state index in [1.54, 1.807) is 29.5 Å². The lowest BCUT2D eigenvalue weighted by atomic mass is 10.2. The quantitative estimate of drug-likeness (QED) is 0.485. The van der Waals surface area contributed by atoms with Gasteiger partial charge in [0.2, 0.25) is 15.9 Å². The first kappa shape index (κ1) is 24.4. The van der Waals surface area contributed by atoms with Crippen molar-refractivity contribution in [1.82, 2.24) is 24.1 Å². The Morgan fingerprint density at radius 2 is 1.97 bits per heavy atom. The van der Waals surface area contributed by atoms with Gasteiger partial charge in [0, 0.05) is 44.9 Å². The zero-order chi connectivity index (χ0) is 23.5. The Morgan fingerprint density at radius 3 is 2.56 bits per heavy atom. The second-order valence-corrected chi connectivity index (χ2v) is 11.1. The summed E-state index contributed by atoms with van der Waals surface area (Å²) in [5, 5.41) is 5.08. The van der Waals surface area contributed by atoms with Gasteiger partial charge in [-0.15, -0.1) is 11.3 Å². The number of amides is 1. The second kappa shape index (κ2) is 10.1. The van der Waals surface area contributed by atoms with Crippen LogP contribution in [0.25, 0.3) is 11.0 Å². The van der Waals surface area contributed by atoms with Gasteiger partial charge in [-0.3, -0.25) is 4.79 Å². The van der Waals surface area contributed by atoms with E-state index in [9.17, 15) is 13.2 Å². The van der Waals surface area contributed by atoms with E-state index in [2.05, 4.69) is 21.3 Å². The molecule has 32 heavy (non-hydrogen) atoms. The molecule has 1 atom stereocenters. The number of aromatic nitrogens is 2. The number of fused-ring (bicyclic) bond motifs is 1. The van der Waals surface area contributed by atoms with Gasteiger partial charge in [0.25, 0.3) is 0 Å². The Bertz CT molecular complexity index is 1170. The molecule has 0 aliphatic rings. The van der Waals surface area contributed by atoms with Gasteiger partial charge in [-0.25, -0.2) is 17.7 Å².